The van der Waals surface area contributed by atoms with E-state index in [-0.39, 0.29) is 23.7 Å². The predicted octanol–water partition coefficient (Wildman–Crippen LogP) is 4.76. The van der Waals surface area contributed by atoms with Gasteiger partial charge >= 0.3 is 6.18 Å². The molecule has 0 unspecified atom stereocenters. The van der Waals surface area contributed by atoms with Crippen molar-refractivity contribution in [3.63, 3.8) is 0 Å². The number of pyridine rings is 2. The van der Waals surface area contributed by atoms with E-state index in [1.54, 1.807) is 37.4 Å². The number of alkyl halides is 3. The van der Waals surface area contributed by atoms with Crippen molar-refractivity contribution < 1.29 is 18.0 Å². The molecule has 3 aromatic rings. The number of fused-ring (bicyclic) bond motifs is 1. The number of carbonyl (C=O) groups is 1. The van der Waals surface area contributed by atoms with E-state index in [1.165, 1.54) is 12.1 Å². The molecule has 1 N–H and O–H groups in total. The first-order chi connectivity index (χ1) is 13.3. The standard InChI is InChI=1S/C21H18F3N3O/c1-12-8-18(20(28)26-11-15-4-2-3-7-25-15)27-19-16(12)9-14(13-5-6-13)10-17(19)21(22,23)24/h2-4,7-10,13H,5-6,11H2,1H3,(H,26,28). The van der Waals surface area contributed by atoms with Gasteiger partial charge in [-0.2, -0.15) is 13.2 Å². The minimum Gasteiger partial charge on any atom is -0.345 e. The van der Waals surface area contributed by atoms with Gasteiger partial charge in [-0.25, -0.2) is 4.98 Å². The predicted molar refractivity (Wildman–Crippen MR) is 98.9 cm³/mol. The van der Waals surface area contributed by atoms with Crippen molar-refractivity contribution >= 4 is 16.8 Å². The first-order valence-electron chi connectivity index (χ1n) is 9.03. The number of nitrogens with one attached hydrogen (secondary N) is 1. The molecular formula is C21H18F3N3O. The molecule has 1 aliphatic rings. The van der Waals surface area contributed by atoms with Crippen LogP contribution in [-0.4, -0.2) is 15.9 Å². The van der Waals surface area contributed by atoms with Gasteiger partial charge in [-0.05, 0) is 67.1 Å². The van der Waals surface area contributed by atoms with Gasteiger partial charge in [0.05, 0.1) is 23.3 Å². The SMILES string of the molecule is Cc1cc(C(=O)NCc2ccccn2)nc2c(C(F)(F)F)cc(C3CC3)cc12. The fraction of sp³-hybridized carbons (Fsp3) is 0.286. The van der Waals surface area contributed by atoms with E-state index in [0.717, 1.165) is 12.8 Å². The van der Waals surface area contributed by atoms with Crippen LogP contribution in [0.4, 0.5) is 13.2 Å². The third-order valence-electron chi connectivity index (χ3n) is 4.89. The smallest absolute Gasteiger partial charge is 0.345 e. The normalized spacial score (nSPS) is 14.3. The summed E-state index contributed by atoms with van der Waals surface area (Å²) in [5.74, 6) is -0.346. The summed E-state index contributed by atoms with van der Waals surface area (Å²) in [7, 11) is 0. The fourth-order valence-corrected chi connectivity index (χ4v) is 3.26. The van der Waals surface area contributed by atoms with E-state index in [9.17, 15) is 18.0 Å². The van der Waals surface area contributed by atoms with Crippen LogP contribution in [0.15, 0.2) is 42.6 Å². The van der Waals surface area contributed by atoms with Gasteiger partial charge in [0.1, 0.15) is 5.69 Å². The monoisotopic (exact) mass is 385 g/mol. The van der Waals surface area contributed by atoms with Crippen molar-refractivity contribution in [2.45, 2.75) is 38.4 Å². The highest BCUT2D eigenvalue weighted by Crippen LogP contribution is 2.44. The van der Waals surface area contributed by atoms with Crippen LogP contribution in [0.1, 0.15) is 51.6 Å². The number of nitrogens with zero attached hydrogens (tertiary/aromatic N) is 2. The zero-order valence-electron chi connectivity index (χ0n) is 15.2. The number of benzene rings is 1. The minimum absolute atomic E-state index is 0.0365. The number of aryl methyl sites for hydroxylation is 1. The highest BCUT2D eigenvalue weighted by molar-refractivity contribution is 5.96. The van der Waals surface area contributed by atoms with E-state index in [0.29, 0.717) is 22.2 Å². The summed E-state index contributed by atoms with van der Waals surface area (Å²) in [6, 6.07) is 9.80. The van der Waals surface area contributed by atoms with Crippen molar-refractivity contribution in [1.29, 1.82) is 0 Å². The highest BCUT2D eigenvalue weighted by Gasteiger charge is 2.36. The Bertz CT molecular complexity index is 1040. The Morgan fingerprint density at radius 2 is 2.00 bits per heavy atom. The van der Waals surface area contributed by atoms with Gasteiger partial charge < -0.3 is 5.32 Å². The lowest BCUT2D eigenvalue weighted by atomic mass is 9.98. The first-order valence-corrected chi connectivity index (χ1v) is 9.03. The zero-order chi connectivity index (χ0) is 19.9. The fourth-order valence-electron chi connectivity index (χ4n) is 3.26. The van der Waals surface area contributed by atoms with Gasteiger partial charge in [0, 0.05) is 11.6 Å². The molecule has 2 aromatic heterocycles. The molecule has 1 amide bonds. The molecule has 1 fully saturated rings. The van der Waals surface area contributed by atoms with Gasteiger partial charge in [-0.3, -0.25) is 9.78 Å². The van der Waals surface area contributed by atoms with Gasteiger partial charge in [-0.15, -0.1) is 0 Å². The summed E-state index contributed by atoms with van der Waals surface area (Å²) in [6.45, 7) is 1.88. The van der Waals surface area contributed by atoms with Gasteiger partial charge in [0.25, 0.3) is 5.91 Å². The Morgan fingerprint density at radius 3 is 2.64 bits per heavy atom. The summed E-state index contributed by atoms with van der Waals surface area (Å²) in [4.78, 5) is 20.7. The van der Waals surface area contributed by atoms with E-state index < -0.39 is 17.6 Å². The van der Waals surface area contributed by atoms with Crippen molar-refractivity contribution in [1.82, 2.24) is 15.3 Å². The second kappa shape index (κ2) is 6.89. The summed E-state index contributed by atoms with van der Waals surface area (Å²) in [5.41, 5.74) is 0.941. The Hall–Kier alpha value is -2.96. The van der Waals surface area contributed by atoms with Gasteiger partial charge in [0.15, 0.2) is 0 Å². The average Bonchev–Trinajstić information content (AvgIpc) is 3.50. The molecule has 1 aliphatic carbocycles. The third-order valence-corrected chi connectivity index (χ3v) is 4.89. The molecule has 1 aromatic carbocycles. The molecule has 144 valence electrons. The number of hydrogen-bond donors (Lipinski definition) is 1. The highest BCUT2D eigenvalue weighted by atomic mass is 19.4. The van der Waals surface area contributed by atoms with E-state index >= 15 is 0 Å². The molecule has 1 saturated carbocycles. The number of hydrogen-bond acceptors (Lipinski definition) is 3. The van der Waals surface area contributed by atoms with Crippen LogP contribution >= 0.6 is 0 Å². The molecule has 0 bridgehead atoms. The van der Waals surface area contributed by atoms with Crippen LogP contribution in [0.3, 0.4) is 0 Å². The van der Waals surface area contributed by atoms with Crippen molar-refractivity contribution in [3.8, 4) is 0 Å². The molecule has 4 nitrogen and oxygen atoms in total. The minimum atomic E-state index is -4.54. The van der Waals surface area contributed by atoms with E-state index in [1.807, 2.05) is 0 Å². The lowest BCUT2D eigenvalue weighted by Gasteiger charge is -2.15. The largest absolute Gasteiger partial charge is 0.418 e. The second-order valence-electron chi connectivity index (χ2n) is 7.06. The van der Waals surface area contributed by atoms with Crippen molar-refractivity contribution in [2.24, 2.45) is 0 Å². The van der Waals surface area contributed by atoms with Crippen LogP contribution in [0.5, 0.6) is 0 Å². The summed E-state index contributed by atoms with van der Waals surface area (Å²) in [5, 5.41) is 3.10. The quantitative estimate of drug-likeness (QED) is 0.704. The van der Waals surface area contributed by atoms with Crippen LogP contribution in [0.25, 0.3) is 10.9 Å². The summed E-state index contributed by atoms with van der Waals surface area (Å²) in [6.07, 6.45) is -1.12. The molecule has 0 atom stereocenters. The molecule has 7 heteroatoms. The number of amides is 1. The molecule has 2 heterocycles. The second-order valence-corrected chi connectivity index (χ2v) is 7.06. The third kappa shape index (κ3) is 3.69. The molecule has 0 spiro atoms. The van der Waals surface area contributed by atoms with Gasteiger partial charge in [-0.1, -0.05) is 6.07 Å². The average molecular weight is 385 g/mol. The van der Waals surface area contributed by atoms with E-state index in [4.69, 9.17) is 0 Å². The Balaban J connectivity index is 1.72. The Kier molecular flexibility index (Phi) is 4.53. The Labute approximate surface area is 159 Å². The summed E-state index contributed by atoms with van der Waals surface area (Å²) >= 11 is 0. The van der Waals surface area contributed by atoms with Crippen molar-refractivity contribution in [3.05, 3.63) is 70.7 Å². The van der Waals surface area contributed by atoms with Crippen LogP contribution < -0.4 is 5.32 Å². The topological polar surface area (TPSA) is 54.9 Å². The maximum Gasteiger partial charge on any atom is 0.418 e. The molecular weight excluding hydrogens is 367 g/mol. The van der Waals surface area contributed by atoms with Crippen LogP contribution in [0.2, 0.25) is 0 Å². The molecule has 28 heavy (non-hydrogen) atoms. The van der Waals surface area contributed by atoms with Crippen LogP contribution in [-0.2, 0) is 12.7 Å². The lowest BCUT2D eigenvalue weighted by molar-refractivity contribution is -0.136. The number of halogens is 3. The lowest BCUT2D eigenvalue weighted by Crippen LogP contribution is -2.24. The van der Waals surface area contributed by atoms with Gasteiger partial charge in [0.2, 0.25) is 0 Å². The maximum atomic E-state index is 13.7. The number of carbonyl (C=O) groups excluding carboxylic acids is 1. The number of rotatable bonds is 4. The molecule has 0 aliphatic heterocycles. The van der Waals surface area contributed by atoms with E-state index in [2.05, 4.69) is 15.3 Å². The number of aromatic nitrogens is 2. The summed E-state index contributed by atoms with van der Waals surface area (Å²) < 4.78 is 41.0. The first kappa shape index (κ1) is 18.4. The maximum absolute atomic E-state index is 13.7. The van der Waals surface area contributed by atoms with Crippen molar-refractivity contribution in [2.75, 3.05) is 0 Å². The Morgan fingerprint density at radius 1 is 1.21 bits per heavy atom. The molecule has 4 rings (SSSR count). The zero-order valence-corrected chi connectivity index (χ0v) is 15.2. The van der Waals surface area contributed by atoms with Crippen LogP contribution in [0, 0.1) is 6.92 Å². The molecule has 0 saturated heterocycles. The molecule has 0 radical (unpaired) electrons.